The molecule has 0 unspecified atom stereocenters. The Bertz CT molecular complexity index is 487. The Morgan fingerprint density at radius 2 is 1.71 bits per heavy atom. The number of hydrogen-bond acceptors (Lipinski definition) is 5. The van der Waals surface area contributed by atoms with E-state index in [2.05, 4.69) is 35.2 Å². The topological polar surface area (TPSA) is 35.0 Å². The first kappa shape index (κ1) is 9.61. The van der Waals surface area contributed by atoms with Crippen LogP contribution in [0.5, 0.6) is 5.75 Å². The van der Waals surface area contributed by atoms with Gasteiger partial charge in [0.05, 0.1) is 18.1 Å². The predicted octanol–water partition coefficient (Wildman–Crippen LogP) is 2.22. The summed E-state index contributed by atoms with van der Waals surface area (Å²) in [6.45, 7) is 0. The van der Waals surface area contributed by atoms with Crippen molar-refractivity contribution in [3.63, 3.8) is 0 Å². The van der Waals surface area contributed by atoms with Gasteiger partial charge in [-0.15, -0.1) is 25.3 Å². The first-order chi connectivity index (χ1) is 6.70. The molecule has 0 aliphatic carbocycles. The number of methoxy groups -OCH3 is 1. The second-order valence-electron chi connectivity index (χ2n) is 2.73. The van der Waals surface area contributed by atoms with Gasteiger partial charge in [-0.3, -0.25) is 0 Å². The van der Waals surface area contributed by atoms with Gasteiger partial charge in [-0.25, -0.2) is 9.97 Å². The van der Waals surface area contributed by atoms with Crippen LogP contribution in [0.4, 0.5) is 0 Å². The van der Waals surface area contributed by atoms with Gasteiger partial charge in [0.25, 0.3) is 0 Å². The average molecular weight is 224 g/mol. The fourth-order valence-corrected chi connectivity index (χ4v) is 1.46. The van der Waals surface area contributed by atoms with Crippen LogP contribution in [0.2, 0.25) is 0 Å². The highest BCUT2D eigenvalue weighted by atomic mass is 32.1. The second-order valence-corrected chi connectivity index (χ2v) is 3.57. The molecule has 0 aliphatic rings. The van der Waals surface area contributed by atoms with Crippen LogP contribution in [0.15, 0.2) is 28.3 Å². The van der Waals surface area contributed by atoms with Crippen LogP contribution in [0.25, 0.3) is 11.0 Å². The van der Waals surface area contributed by atoms with E-state index in [9.17, 15) is 0 Å². The molecule has 0 bridgehead atoms. The summed E-state index contributed by atoms with van der Waals surface area (Å²) in [5.41, 5.74) is 1.54. The molecule has 0 saturated carbocycles. The maximum absolute atomic E-state index is 5.08. The number of thiol groups is 2. The molecule has 3 nitrogen and oxygen atoms in total. The second kappa shape index (κ2) is 3.67. The summed E-state index contributed by atoms with van der Waals surface area (Å²) >= 11 is 8.29. The van der Waals surface area contributed by atoms with E-state index in [1.165, 1.54) is 0 Å². The largest absolute Gasteiger partial charge is 0.497 e. The number of aromatic nitrogens is 2. The lowest BCUT2D eigenvalue weighted by molar-refractivity contribution is 0.415. The summed E-state index contributed by atoms with van der Waals surface area (Å²) in [6, 6.07) is 5.49. The molecule has 0 fully saturated rings. The maximum atomic E-state index is 5.08. The van der Waals surface area contributed by atoms with Gasteiger partial charge in [-0.2, -0.15) is 0 Å². The summed E-state index contributed by atoms with van der Waals surface area (Å²) in [7, 11) is 1.61. The Morgan fingerprint density at radius 1 is 1.07 bits per heavy atom. The van der Waals surface area contributed by atoms with E-state index < -0.39 is 0 Å². The SMILES string of the molecule is COc1ccc2nc(S)c(S)nc2c1. The molecule has 0 spiro atoms. The highest BCUT2D eigenvalue weighted by molar-refractivity contribution is 7.83. The molecule has 0 radical (unpaired) electrons. The van der Waals surface area contributed by atoms with Crippen LogP contribution in [-0.4, -0.2) is 17.1 Å². The van der Waals surface area contributed by atoms with E-state index in [1.807, 2.05) is 18.2 Å². The number of fused-ring (bicyclic) bond motifs is 1. The van der Waals surface area contributed by atoms with Crippen LogP contribution in [0.3, 0.4) is 0 Å². The number of benzene rings is 1. The van der Waals surface area contributed by atoms with Gasteiger partial charge < -0.3 is 4.74 Å². The molecule has 2 aromatic rings. The molecule has 0 N–H and O–H groups in total. The van der Waals surface area contributed by atoms with Crippen molar-refractivity contribution in [1.29, 1.82) is 0 Å². The normalized spacial score (nSPS) is 10.5. The zero-order valence-electron chi connectivity index (χ0n) is 7.43. The molecule has 72 valence electrons. The highest BCUT2D eigenvalue weighted by Crippen LogP contribution is 2.21. The third-order valence-electron chi connectivity index (χ3n) is 1.84. The monoisotopic (exact) mass is 224 g/mol. The van der Waals surface area contributed by atoms with Crippen molar-refractivity contribution in [1.82, 2.24) is 9.97 Å². The number of ether oxygens (including phenoxy) is 1. The standard InChI is InChI=1S/C9H8N2OS2/c1-12-5-2-3-6-7(4-5)11-9(14)8(13)10-6/h2-4H,1H3,(H,10,13)(H,11,14). The summed E-state index contributed by atoms with van der Waals surface area (Å²) in [6.07, 6.45) is 0. The van der Waals surface area contributed by atoms with Gasteiger partial charge in [0.2, 0.25) is 0 Å². The van der Waals surface area contributed by atoms with Crippen molar-refractivity contribution in [3.8, 4) is 5.75 Å². The summed E-state index contributed by atoms with van der Waals surface area (Å²) in [5, 5.41) is 1.06. The molecule has 0 aliphatic heterocycles. The zero-order valence-corrected chi connectivity index (χ0v) is 9.22. The number of nitrogens with zero attached hydrogens (tertiary/aromatic N) is 2. The minimum atomic E-state index is 0.522. The van der Waals surface area contributed by atoms with Crippen LogP contribution in [0, 0.1) is 0 Å². The summed E-state index contributed by atoms with van der Waals surface area (Å²) < 4.78 is 5.08. The molecule has 0 saturated heterocycles. The van der Waals surface area contributed by atoms with E-state index in [0.717, 1.165) is 16.8 Å². The Kier molecular flexibility index (Phi) is 2.52. The molecule has 1 aromatic heterocycles. The van der Waals surface area contributed by atoms with Crippen molar-refractivity contribution in [2.45, 2.75) is 10.1 Å². The van der Waals surface area contributed by atoms with Crippen LogP contribution in [0.1, 0.15) is 0 Å². The fraction of sp³-hybridized carbons (Fsp3) is 0.111. The summed E-state index contributed by atoms with van der Waals surface area (Å²) in [4.78, 5) is 8.45. The Hall–Kier alpha value is -0.940. The Balaban J connectivity index is 2.70. The van der Waals surface area contributed by atoms with Crippen molar-refractivity contribution >= 4 is 36.3 Å². The molecule has 1 heterocycles. The van der Waals surface area contributed by atoms with Gasteiger partial charge in [0, 0.05) is 6.07 Å². The van der Waals surface area contributed by atoms with Gasteiger partial charge in [-0.1, -0.05) is 0 Å². The van der Waals surface area contributed by atoms with Crippen LogP contribution < -0.4 is 4.74 Å². The lowest BCUT2D eigenvalue weighted by Crippen LogP contribution is -1.89. The molecular weight excluding hydrogens is 216 g/mol. The van der Waals surface area contributed by atoms with Crippen molar-refractivity contribution in [3.05, 3.63) is 18.2 Å². The third-order valence-corrected chi connectivity index (χ3v) is 2.64. The molecule has 1 aromatic carbocycles. The zero-order chi connectivity index (χ0) is 10.1. The van der Waals surface area contributed by atoms with Crippen molar-refractivity contribution in [2.24, 2.45) is 0 Å². The Morgan fingerprint density at radius 3 is 2.36 bits per heavy atom. The third kappa shape index (κ3) is 1.65. The molecule has 14 heavy (non-hydrogen) atoms. The lowest BCUT2D eigenvalue weighted by Gasteiger charge is -2.03. The highest BCUT2D eigenvalue weighted by Gasteiger charge is 2.03. The molecule has 2 rings (SSSR count). The molecule has 5 heteroatoms. The van der Waals surface area contributed by atoms with E-state index in [4.69, 9.17) is 4.74 Å². The first-order valence-corrected chi connectivity index (χ1v) is 4.84. The minimum Gasteiger partial charge on any atom is -0.497 e. The van der Waals surface area contributed by atoms with Gasteiger partial charge in [0.15, 0.2) is 0 Å². The Labute approximate surface area is 92.3 Å². The van der Waals surface area contributed by atoms with Crippen molar-refractivity contribution < 1.29 is 4.74 Å². The fourth-order valence-electron chi connectivity index (χ4n) is 1.14. The summed E-state index contributed by atoms with van der Waals surface area (Å²) in [5.74, 6) is 0.756. The smallest absolute Gasteiger partial charge is 0.126 e. The molecule has 0 atom stereocenters. The van der Waals surface area contributed by atoms with E-state index in [-0.39, 0.29) is 0 Å². The number of hydrogen-bond donors (Lipinski definition) is 2. The van der Waals surface area contributed by atoms with E-state index in [0.29, 0.717) is 10.1 Å². The maximum Gasteiger partial charge on any atom is 0.126 e. The van der Waals surface area contributed by atoms with Gasteiger partial charge in [-0.05, 0) is 12.1 Å². The quantitative estimate of drug-likeness (QED) is 0.729. The molecular formula is C9H8N2OS2. The van der Waals surface area contributed by atoms with E-state index >= 15 is 0 Å². The molecule has 0 amide bonds. The van der Waals surface area contributed by atoms with Crippen LogP contribution in [-0.2, 0) is 0 Å². The van der Waals surface area contributed by atoms with Crippen molar-refractivity contribution in [2.75, 3.05) is 7.11 Å². The van der Waals surface area contributed by atoms with Gasteiger partial charge in [0.1, 0.15) is 15.8 Å². The minimum absolute atomic E-state index is 0.522. The lowest BCUT2D eigenvalue weighted by atomic mass is 10.3. The first-order valence-electron chi connectivity index (χ1n) is 3.94. The number of rotatable bonds is 1. The van der Waals surface area contributed by atoms with E-state index in [1.54, 1.807) is 7.11 Å². The predicted molar refractivity (Wildman–Crippen MR) is 60.6 cm³/mol. The average Bonchev–Trinajstić information content (AvgIpc) is 2.19. The van der Waals surface area contributed by atoms with Gasteiger partial charge >= 0.3 is 0 Å². The van der Waals surface area contributed by atoms with Crippen LogP contribution >= 0.6 is 25.3 Å².